The van der Waals surface area contributed by atoms with Crippen molar-refractivity contribution in [3.05, 3.63) is 88.7 Å². The third-order valence-electron chi connectivity index (χ3n) is 5.80. The molecule has 0 bridgehead atoms. The Balaban J connectivity index is 1.45. The number of halogens is 1. The number of nitrogens with one attached hydrogen (secondary N) is 2. The lowest BCUT2D eigenvalue weighted by Gasteiger charge is -2.29. The molecule has 2 N–H and O–H groups in total. The predicted molar refractivity (Wildman–Crippen MR) is 127 cm³/mol. The van der Waals surface area contributed by atoms with Crippen LogP contribution in [-0.4, -0.2) is 37.6 Å². The van der Waals surface area contributed by atoms with E-state index in [1.54, 1.807) is 6.20 Å². The number of nitrogens with zero attached hydrogens (tertiary/aromatic N) is 2. The summed E-state index contributed by atoms with van der Waals surface area (Å²) in [6.07, 6.45) is 4.55. The first kappa shape index (κ1) is 20.5. The summed E-state index contributed by atoms with van der Waals surface area (Å²) in [5.41, 5.74) is 5.87. The maximum absolute atomic E-state index is 11.9. The number of rotatable bonds is 5. The van der Waals surface area contributed by atoms with Crippen LogP contribution in [0.1, 0.15) is 22.7 Å². The number of carbonyl (C=O) groups excluding carboxylic acids is 1. The molecule has 2 aliphatic heterocycles. The van der Waals surface area contributed by atoms with Crippen molar-refractivity contribution in [3.8, 4) is 0 Å². The maximum atomic E-state index is 11.9. The Labute approximate surface area is 191 Å². The van der Waals surface area contributed by atoms with Gasteiger partial charge >= 0.3 is 0 Å². The molecule has 1 atom stereocenters. The largest absolute Gasteiger partial charge is 0.378 e. The minimum absolute atomic E-state index is 0.482. The van der Waals surface area contributed by atoms with E-state index in [4.69, 9.17) is 16.3 Å². The van der Waals surface area contributed by atoms with E-state index in [1.165, 1.54) is 5.69 Å². The second-order valence-corrected chi connectivity index (χ2v) is 8.17. The van der Waals surface area contributed by atoms with Gasteiger partial charge < -0.3 is 25.1 Å². The summed E-state index contributed by atoms with van der Waals surface area (Å²) in [5.74, 6) is 0.658. The molecule has 2 aliphatic rings. The minimum atomic E-state index is -0.482. The fourth-order valence-corrected chi connectivity index (χ4v) is 4.27. The summed E-state index contributed by atoms with van der Waals surface area (Å²) in [6.45, 7) is 3.30. The van der Waals surface area contributed by atoms with Gasteiger partial charge in [0.15, 0.2) is 0 Å². The maximum Gasteiger partial charge on any atom is 0.146 e. The van der Waals surface area contributed by atoms with E-state index < -0.39 is 6.04 Å². The van der Waals surface area contributed by atoms with Crippen LogP contribution >= 0.6 is 11.6 Å². The van der Waals surface area contributed by atoms with Crippen molar-refractivity contribution >= 4 is 40.7 Å². The number of carbonyl (C=O) groups is 1. The van der Waals surface area contributed by atoms with Gasteiger partial charge in [-0.15, -0.1) is 0 Å². The van der Waals surface area contributed by atoms with Gasteiger partial charge in [0.1, 0.15) is 18.1 Å². The average Bonchev–Trinajstić information content (AvgIpc) is 2.85. The second kappa shape index (κ2) is 9.02. The molecule has 3 heterocycles. The molecule has 0 radical (unpaired) electrons. The van der Waals surface area contributed by atoms with Crippen LogP contribution in [0.3, 0.4) is 0 Å². The topological polar surface area (TPSA) is 66.5 Å². The predicted octanol–water partition coefficient (Wildman–Crippen LogP) is 4.55. The van der Waals surface area contributed by atoms with Gasteiger partial charge in [-0.25, -0.2) is 4.98 Å². The van der Waals surface area contributed by atoms with Gasteiger partial charge in [0, 0.05) is 53.0 Å². The molecule has 3 aromatic rings. The molecule has 0 saturated carbocycles. The second-order valence-electron chi connectivity index (χ2n) is 7.74. The Morgan fingerprint density at radius 1 is 1.06 bits per heavy atom. The molecule has 1 fully saturated rings. The van der Waals surface area contributed by atoms with E-state index in [-0.39, 0.29) is 0 Å². The monoisotopic (exact) mass is 446 g/mol. The molecule has 1 unspecified atom stereocenters. The Hall–Kier alpha value is -3.35. The molecule has 0 amide bonds. The number of fused-ring (bicyclic) bond motifs is 1. The molecule has 5 rings (SSSR count). The molecule has 0 aliphatic carbocycles. The molecule has 162 valence electrons. The lowest BCUT2D eigenvalue weighted by atomic mass is 9.89. The zero-order valence-electron chi connectivity index (χ0n) is 17.4. The third kappa shape index (κ3) is 4.07. The number of pyridine rings is 1. The van der Waals surface area contributed by atoms with E-state index in [1.807, 2.05) is 48.7 Å². The van der Waals surface area contributed by atoms with Crippen LogP contribution in [-0.2, 0) is 9.53 Å². The number of aromatic nitrogens is 1. The first-order valence-corrected chi connectivity index (χ1v) is 11.0. The summed E-state index contributed by atoms with van der Waals surface area (Å²) in [6, 6.07) is 17.4. The lowest BCUT2D eigenvalue weighted by molar-refractivity contribution is -0.109. The van der Waals surface area contributed by atoms with Gasteiger partial charge in [0.2, 0.25) is 0 Å². The Bertz CT molecular complexity index is 1140. The number of morpholine rings is 1. The van der Waals surface area contributed by atoms with Crippen LogP contribution in [0, 0.1) is 0 Å². The van der Waals surface area contributed by atoms with Crippen molar-refractivity contribution in [1.82, 2.24) is 10.3 Å². The highest BCUT2D eigenvalue weighted by atomic mass is 35.5. The van der Waals surface area contributed by atoms with Crippen molar-refractivity contribution in [3.63, 3.8) is 0 Å². The fraction of sp³-hybridized carbons (Fsp3) is 0.200. The first-order chi connectivity index (χ1) is 15.7. The molecule has 6 nitrogen and oxygen atoms in total. The van der Waals surface area contributed by atoms with Crippen molar-refractivity contribution in [2.45, 2.75) is 6.04 Å². The molecular weight excluding hydrogens is 424 g/mol. The van der Waals surface area contributed by atoms with E-state index in [0.717, 1.165) is 60.5 Å². The third-order valence-corrected chi connectivity index (χ3v) is 6.05. The van der Waals surface area contributed by atoms with Crippen LogP contribution in [0.2, 0.25) is 5.02 Å². The molecule has 7 heteroatoms. The van der Waals surface area contributed by atoms with Crippen LogP contribution in [0.15, 0.2) is 67.0 Å². The van der Waals surface area contributed by atoms with Gasteiger partial charge in [-0.05, 0) is 53.6 Å². The van der Waals surface area contributed by atoms with E-state index >= 15 is 0 Å². The zero-order chi connectivity index (χ0) is 21.9. The smallest absolute Gasteiger partial charge is 0.146 e. The molecule has 2 aromatic carbocycles. The number of hydrogen-bond acceptors (Lipinski definition) is 6. The normalized spacial score (nSPS) is 17.7. The van der Waals surface area contributed by atoms with Gasteiger partial charge in [0.05, 0.1) is 13.2 Å². The van der Waals surface area contributed by atoms with Gasteiger partial charge in [-0.2, -0.15) is 0 Å². The van der Waals surface area contributed by atoms with E-state index in [0.29, 0.717) is 10.8 Å². The van der Waals surface area contributed by atoms with Crippen molar-refractivity contribution < 1.29 is 9.53 Å². The van der Waals surface area contributed by atoms with Gasteiger partial charge in [-0.1, -0.05) is 23.7 Å². The Morgan fingerprint density at radius 3 is 2.53 bits per heavy atom. The number of anilines is 3. The molecular formula is C25H23ClN4O2. The number of aldehydes is 1. The lowest BCUT2D eigenvalue weighted by Crippen LogP contribution is -2.36. The van der Waals surface area contributed by atoms with Crippen molar-refractivity contribution in [1.29, 1.82) is 0 Å². The average molecular weight is 447 g/mol. The van der Waals surface area contributed by atoms with Crippen LogP contribution in [0.25, 0.3) is 5.57 Å². The zero-order valence-corrected chi connectivity index (χ0v) is 18.2. The molecule has 0 spiro atoms. The number of hydrogen-bond donors (Lipinski definition) is 2. The van der Waals surface area contributed by atoms with Crippen molar-refractivity contribution in [2.75, 3.05) is 36.5 Å². The van der Waals surface area contributed by atoms with Crippen LogP contribution < -0.4 is 15.5 Å². The molecule has 32 heavy (non-hydrogen) atoms. The highest BCUT2D eigenvalue weighted by molar-refractivity contribution is 6.30. The van der Waals surface area contributed by atoms with Gasteiger partial charge in [-0.3, -0.25) is 0 Å². The number of benzene rings is 2. The van der Waals surface area contributed by atoms with Crippen LogP contribution in [0.5, 0.6) is 0 Å². The van der Waals surface area contributed by atoms with Gasteiger partial charge in [0.25, 0.3) is 0 Å². The van der Waals surface area contributed by atoms with Crippen molar-refractivity contribution in [2.24, 2.45) is 0 Å². The summed E-state index contributed by atoms with van der Waals surface area (Å²) in [7, 11) is 0. The Kier molecular flexibility index (Phi) is 5.79. The Morgan fingerprint density at radius 2 is 1.81 bits per heavy atom. The highest BCUT2D eigenvalue weighted by Gasteiger charge is 2.25. The standard InChI is InChI=1S/C25H23ClN4O2/c26-18-3-1-17(2-4-18)22-15-28-23(16-31)24-21(22)9-10-27-25(24)29-19-5-7-20(8-6-19)30-11-13-32-14-12-30/h1-10,15-16,23,28H,11-14H2,(H,27,29). The quantitative estimate of drug-likeness (QED) is 0.560. The van der Waals surface area contributed by atoms with E-state index in [2.05, 4.69) is 32.7 Å². The minimum Gasteiger partial charge on any atom is -0.378 e. The molecule has 1 aromatic heterocycles. The van der Waals surface area contributed by atoms with Crippen LogP contribution in [0.4, 0.5) is 17.2 Å². The number of ether oxygens (including phenoxy) is 1. The summed E-state index contributed by atoms with van der Waals surface area (Å²) >= 11 is 6.06. The SMILES string of the molecule is O=CC1NC=C(c2ccc(Cl)cc2)c2ccnc(Nc3ccc(N4CCOCC4)cc3)c21. The summed E-state index contributed by atoms with van der Waals surface area (Å²) < 4.78 is 5.44. The highest BCUT2D eigenvalue weighted by Crippen LogP contribution is 2.37. The van der Waals surface area contributed by atoms with E-state index in [9.17, 15) is 4.79 Å². The summed E-state index contributed by atoms with van der Waals surface area (Å²) in [4.78, 5) is 18.7. The molecule has 1 saturated heterocycles. The summed E-state index contributed by atoms with van der Waals surface area (Å²) in [5, 5.41) is 7.29. The first-order valence-electron chi connectivity index (χ1n) is 10.6. The fourth-order valence-electron chi connectivity index (χ4n) is 4.15.